The molecule has 1 N–H and O–H groups in total. The van der Waals surface area contributed by atoms with Crippen LogP contribution in [-0.4, -0.2) is 26.3 Å². The quantitative estimate of drug-likeness (QED) is 0.805. The van der Waals surface area contributed by atoms with Crippen molar-refractivity contribution in [2.75, 3.05) is 0 Å². The number of halogens is 2. The summed E-state index contributed by atoms with van der Waals surface area (Å²) in [6, 6.07) is 5.91. The van der Waals surface area contributed by atoms with Crippen molar-refractivity contribution in [2.24, 2.45) is 0 Å². The van der Waals surface area contributed by atoms with Gasteiger partial charge in [-0.15, -0.1) is 0 Å². The van der Waals surface area contributed by atoms with Crippen molar-refractivity contribution in [3.63, 3.8) is 0 Å². The summed E-state index contributed by atoms with van der Waals surface area (Å²) in [5.41, 5.74) is 1.96. The maximum atomic E-state index is 13.3. The molecule has 7 heteroatoms. The number of aromatic amines is 1. The molecule has 2 heterocycles. The highest BCUT2D eigenvalue weighted by molar-refractivity contribution is 5.78. The first kappa shape index (κ1) is 13.4. The average molecular weight is 304 g/mol. The zero-order valence-corrected chi connectivity index (χ0v) is 11.7. The fourth-order valence-electron chi connectivity index (χ4n) is 2.94. The molecule has 4 rings (SSSR count). The monoisotopic (exact) mass is 304 g/mol. The van der Waals surface area contributed by atoms with Crippen LogP contribution in [-0.2, 0) is 6.42 Å². The second-order valence-corrected chi connectivity index (χ2v) is 5.81. The molecule has 1 saturated carbocycles. The van der Waals surface area contributed by atoms with Gasteiger partial charge in [0.05, 0.1) is 11.7 Å². The van der Waals surface area contributed by atoms with Crippen LogP contribution < -0.4 is 0 Å². The van der Waals surface area contributed by atoms with E-state index in [4.69, 9.17) is 4.52 Å². The number of fused-ring (bicyclic) bond motifs is 1. The minimum absolute atomic E-state index is 0.105. The van der Waals surface area contributed by atoms with Crippen molar-refractivity contribution < 1.29 is 13.3 Å². The third-order valence-electron chi connectivity index (χ3n) is 4.11. The summed E-state index contributed by atoms with van der Waals surface area (Å²) in [5.74, 6) is -2.09. The third kappa shape index (κ3) is 2.47. The minimum atomic E-state index is -2.61. The maximum absolute atomic E-state index is 13.3. The smallest absolute Gasteiger partial charge is 0.248 e. The number of hydrogen-bond acceptors (Lipinski definition) is 4. The first-order chi connectivity index (χ1) is 10.6. The first-order valence-electron chi connectivity index (χ1n) is 7.21. The molecular formula is C15H14F2N4O. The Morgan fingerprint density at radius 3 is 3.09 bits per heavy atom. The predicted molar refractivity (Wildman–Crippen MR) is 74.7 cm³/mol. The number of aromatic nitrogens is 4. The van der Waals surface area contributed by atoms with Crippen LogP contribution in [0.15, 0.2) is 28.9 Å². The number of alkyl halides is 2. The number of H-pyrrole nitrogens is 1. The Hall–Kier alpha value is -2.31. The Bertz CT molecular complexity index is 811. The zero-order valence-electron chi connectivity index (χ0n) is 11.7. The Balaban J connectivity index is 1.52. The molecule has 114 valence electrons. The third-order valence-corrected chi connectivity index (χ3v) is 4.11. The molecule has 3 aromatic rings. The van der Waals surface area contributed by atoms with Gasteiger partial charge in [-0.25, -0.2) is 8.78 Å². The molecule has 0 amide bonds. The number of nitrogens with zero attached hydrogens (tertiary/aromatic N) is 3. The van der Waals surface area contributed by atoms with E-state index >= 15 is 0 Å². The second kappa shape index (κ2) is 4.86. The molecule has 1 unspecified atom stereocenters. The molecule has 0 saturated heterocycles. The summed E-state index contributed by atoms with van der Waals surface area (Å²) in [6.07, 6.45) is 2.35. The lowest BCUT2D eigenvalue weighted by molar-refractivity contribution is 0.00690. The fourth-order valence-corrected chi connectivity index (χ4v) is 2.94. The van der Waals surface area contributed by atoms with Gasteiger partial charge in [-0.1, -0.05) is 17.3 Å². The second-order valence-electron chi connectivity index (χ2n) is 5.81. The molecule has 1 aliphatic carbocycles. The van der Waals surface area contributed by atoms with E-state index in [9.17, 15) is 8.78 Å². The lowest BCUT2D eigenvalue weighted by atomic mass is 10.1. The van der Waals surface area contributed by atoms with Gasteiger partial charge in [-0.05, 0) is 18.1 Å². The minimum Gasteiger partial charge on any atom is -0.339 e. The standard InChI is InChI=1S/C15H14F2N4O/c16-15(17)4-3-10(7-15)14-19-13(21-22-14)6-9-1-2-11-8-18-20-12(11)5-9/h1-2,5,8,10H,3-4,6-7H2,(H,18,20). The van der Waals surface area contributed by atoms with Crippen LogP contribution in [0, 0.1) is 0 Å². The van der Waals surface area contributed by atoms with Crippen molar-refractivity contribution in [3.05, 3.63) is 41.7 Å². The normalized spacial score (nSPS) is 20.7. The van der Waals surface area contributed by atoms with Gasteiger partial charge >= 0.3 is 0 Å². The van der Waals surface area contributed by atoms with E-state index in [0.29, 0.717) is 24.6 Å². The van der Waals surface area contributed by atoms with E-state index < -0.39 is 5.92 Å². The average Bonchev–Trinajstić information content (AvgIpc) is 3.17. The highest BCUT2D eigenvalue weighted by Crippen LogP contribution is 2.43. The van der Waals surface area contributed by atoms with Gasteiger partial charge in [0.15, 0.2) is 5.82 Å². The molecule has 1 atom stereocenters. The van der Waals surface area contributed by atoms with Crippen LogP contribution in [0.25, 0.3) is 10.9 Å². The van der Waals surface area contributed by atoms with Gasteiger partial charge in [0.2, 0.25) is 11.8 Å². The van der Waals surface area contributed by atoms with Crippen LogP contribution in [0.2, 0.25) is 0 Å². The number of nitrogens with one attached hydrogen (secondary N) is 1. The van der Waals surface area contributed by atoms with Gasteiger partial charge in [0.25, 0.3) is 0 Å². The SMILES string of the molecule is FC1(F)CCC(c2nc(Cc3ccc4cn[nH]c4c3)no2)C1. The first-order valence-corrected chi connectivity index (χ1v) is 7.21. The van der Waals surface area contributed by atoms with Gasteiger partial charge < -0.3 is 4.52 Å². The topological polar surface area (TPSA) is 67.6 Å². The van der Waals surface area contributed by atoms with Crippen molar-refractivity contribution in [1.82, 2.24) is 20.3 Å². The van der Waals surface area contributed by atoms with E-state index in [1.165, 1.54) is 0 Å². The predicted octanol–water partition coefficient (Wildman–Crippen LogP) is 3.44. The van der Waals surface area contributed by atoms with Crippen molar-refractivity contribution in [1.29, 1.82) is 0 Å². The van der Waals surface area contributed by atoms with Crippen molar-refractivity contribution >= 4 is 10.9 Å². The Labute approximate surface area is 124 Å². The molecular weight excluding hydrogens is 290 g/mol. The largest absolute Gasteiger partial charge is 0.339 e. The van der Waals surface area contributed by atoms with E-state index in [1.54, 1.807) is 6.20 Å². The molecule has 1 fully saturated rings. The number of hydrogen-bond donors (Lipinski definition) is 1. The van der Waals surface area contributed by atoms with Crippen LogP contribution >= 0.6 is 0 Å². The number of benzene rings is 1. The van der Waals surface area contributed by atoms with E-state index in [-0.39, 0.29) is 18.8 Å². The van der Waals surface area contributed by atoms with Gasteiger partial charge in [-0.3, -0.25) is 5.10 Å². The van der Waals surface area contributed by atoms with Crippen molar-refractivity contribution in [2.45, 2.75) is 37.5 Å². The summed E-state index contributed by atoms with van der Waals surface area (Å²) in [7, 11) is 0. The van der Waals surface area contributed by atoms with E-state index in [2.05, 4.69) is 20.3 Å². The molecule has 0 spiro atoms. The molecule has 5 nitrogen and oxygen atoms in total. The molecule has 1 aromatic carbocycles. The maximum Gasteiger partial charge on any atom is 0.248 e. The summed E-state index contributed by atoms with van der Waals surface area (Å²) in [4.78, 5) is 4.28. The molecule has 22 heavy (non-hydrogen) atoms. The highest BCUT2D eigenvalue weighted by atomic mass is 19.3. The zero-order chi connectivity index (χ0) is 15.2. The van der Waals surface area contributed by atoms with Crippen LogP contribution in [0.1, 0.15) is 42.5 Å². The Morgan fingerprint density at radius 1 is 1.36 bits per heavy atom. The summed E-state index contributed by atoms with van der Waals surface area (Å²) in [6.45, 7) is 0. The fraction of sp³-hybridized carbons (Fsp3) is 0.400. The van der Waals surface area contributed by atoms with Gasteiger partial charge in [0.1, 0.15) is 0 Å². The van der Waals surface area contributed by atoms with Crippen molar-refractivity contribution in [3.8, 4) is 0 Å². The Kier molecular flexibility index (Phi) is 2.95. The van der Waals surface area contributed by atoms with Gasteiger partial charge in [0, 0.05) is 30.6 Å². The lowest BCUT2D eigenvalue weighted by Gasteiger charge is -2.06. The molecule has 0 bridgehead atoms. The van der Waals surface area contributed by atoms with Gasteiger partial charge in [-0.2, -0.15) is 10.1 Å². The van der Waals surface area contributed by atoms with E-state index in [1.807, 2.05) is 18.2 Å². The van der Waals surface area contributed by atoms with E-state index in [0.717, 1.165) is 16.5 Å². The molecule has 0 radical (unpaired) electrons. The molecule has 0 aliphatic heterocycles. The summed E-state index contributed by atoms with van der Waals surface area (Å²) in [5, 5.41) is 11.8. The van der Waals surface area contributed by atoms with Crippen LogP contribution in [0.4, 0.5) is 8.78 Å². The number of rotatable bonds is 3. The molecule has 2 aromatic heterocycles. The molecule has 1 aliphatic rings. The summed E-state index contributed by atoms with van der Waals surface area (Å²) < 4.78 is 31.7. The Morgan fingerprint density at radius 2 is 2.27 bits per heavy atom. The lowest BCUT2D eigenvalue weighted by Crippen LogP contribution is -2.09. The van der Waals surface area contributed by atoms with Crippen LogP contribution in [0.5, 0.6) is 0 Å². The summed E-state index contributed by atoms with van der Waals surface area (Å²) >= 11 is 0. The highest BCUT2D eigenvalue weighted by Gasteiger charge is 2.42. The van der Waals surface area contributed by atoms with Crippen LogP contribution in [0.3, 0.4) is 0 Å².